The van der Waals surface area contributed by atoms with E-state index in [1.165, 1.54) is 5.56 Å². The predicted octanol–water partition coefficient (Wildman–Crippen LogP) is 4.61. The summed E-state index contributed by atoms with van der Waals surface area (Å²) in [5, 5.41) is 3.07. The Kier molecular flexibility index (Phi) is 7.28. The molecule has 1 aliphatic heterocycles. The van der Waals surface area contributed by atoms with Crippen LogP contribution in [0.5, 0.6) is 11.5 Å². The SMILES string of the molecule is CCCCNC(=O)C1CCN(Cc2ccc(Oc3ccccc3)cc2)CC1. The van der Waals surface area contributed by atoms with Gasteiger partial charge in [-0.1, -0.05) is 43.7 Å². The third-order valence-corrected chi connectivity index (χ3v) is 5.10. The van der Waals surface area contributed by atoms with Crippen molar-refractivity contribution in [1.82, 2.24) is 10.2 Å². The minimum Gasteiger partial charge on any atom is -0.457 e. The average molecular weight is 367 g/mol. The van der Waals surface area contributed by atoms with E-state index in [9.17, 15) is 4.79 Å². The van der Waals surface area contributed by atoms with E-state index in [0.29, 0.717) is 0 Å². The maximum Gasteiger partial charge on any atom is 0.223 e. The van der Waals surface area contributed by atoms with Gasteiger partial charge < -0.3 is 10.1 Å². The van der Waals surface area contributed by atoms with Gasteiger partial charge in [-0.3, -0.25) is 9.69 Å². The van der Waals surface area contributed by atoms with E-state index in [1.54, 1.807) is 0 Å². The molecule has 0 atom stereocenters. The lowest BCUT2D eigenvalue weighted by molar-refractivity contribution is -0.126. The van der Waals surface area contributed by atoms with E-state index in [4.69, 9.17) is 4.74 Å². The van der Waals surface area contributed by atoms with Gasteiger partial charge in [-0.2, -0.15) is 0 Å². The minimum atomic E-state index is 0.180. The van der Waals surface area contributed by atoms with E-state index >= 15 is 0 Å². The van der Waals surface area contributed by atoms with Crippen LogP contribution >= 0.6 is 0 Å². The largest absolute Gasteiger partial charge is 0.457 e. The molecular formula is C23H30N2O2. The minimum absolute atomic E-state index is 0.180. The molecule has 1 heterocycles. The summed E-state index contributed by atoms with van der Waals surface area (Å²) in [4.78, 5) is 14.6. The van der Waals surface area contributed by atoms with E-state index in [1.807, 2.05) is 42.5 Å². The number of carbonyl (C=O) groups is 1. The number of piperidine rings is 1. The number of likely N-dealkylation sites (tertiary alicyclic amines) is 1. The Morgan fingerprint density at radius 1 is 1.04 bits per heavy atom. The maximum absolute atomic E-state index is 12.2. The van der Waals surface area contributed by atoms with Crippen LogP contribution in [0.15, 0.2) is 54.6 Å². The molecule has 2 aromatic carbocycles. The van der Waals surface area contributed by atoms with Crippen molar-refractivity contribution < 1.29 is 9.53 Å². The molecule has 0 aliphatic carbocycles. The Balaban J connectivity index is 1.43. The molecule has 1 N–H and O–H groups in total. The molecule has 3 rings (SSSR count). The monoisotopic (exact) mass is 366 g/mol. The molecule has 0 saturated carbocycles. The standard InChI is InChI=1S/C23H30N2O2/c1-2-3-15-24-23(26)20-13-16-25(17-14-20)18-19-9-11-22(12-10-19)27-21-7-5-4-6-8-21/h4-12,20H,2-3,13-18H2,1H3,(H,24,26). The van der Waals surface area contributed by atoms with Crippen LogP contribution < -0.4 is 10.1 Å². The van der Waals surface area contributed by atoms with Crippen LogP contribution in [0.4, 0.5) is 0 Å². The molecule has 1 aliphatic rings. The van der Waals surface area contributed by atoms with Gasteiger partial charge >= 0.3 is 0 Å². The highest BCUT2D eigenvalue weighted by atomic mass is 16.5. The van der Waals surface area contributed by atoms with Crippen molar-refractivity contribution in [3.63, 3.8) is 0 Å². The van der Waals surface area contributed by atoms with E-state index in [-0.39, 0.29) is 11.8 Å². The molecule has 0 aromatic heterocycles. The fraction of sp³-hybridized carbons (Fsp3) is 0.435. The third-order valence-electron chi connectivity index (χ3n) is 5.10. The average Bonchev–Trinajstić information content (AvgIpc) is 2.71. The summed E-state index contributed by atoms with van der Waals surface area (Å²) in [6, 6.07) is 18.1. The molecule has 27 heavy (non-hydrogen) atoms. The topological polar surface area (TPSA) is 41.6 Å². The van der Waals surface area contributed by atoms with Crippen molar-refractivity contribution in [2.75, 3.05) is 19.6 Å². The number of rotatable bonds is 8. The quantitative estimate of drug-likeness (QED) is 0.694. The van der Waals surface area contributed by atoms with Gasteiger partial charge in [0, 0.05) is 19.0 Å². The first-order valence-electron chi connectivity index (χ1n) is 10.1. The smallest absolute Gasteiger partial charge is 0.223 e. The number of hydrogen-bond donors (Lipinski definition) is 1. The number of amides is 1. The number of unbranched alkanes of at least 4 members (excludes halogenated alkanes) is 1. The van der Waals surface area contributed by atoms with Crippen LogP contribution in [0.25, 0.3) is 0 Å². The third kappa shape index (κ3) is 6.10. The first-order chi connectivity index (χ1) is 13.2. The lowest BCUT2D eigenvalue weighted by Crippen LogP contribution is -2.40. The Bertz CT molecular complexity index is 692. The second kappa shape index (κ2) is 10.1. The number of nitrogens with one attached hydrogen (secondary N) is 1. The molecule has 144 valence electrons. The zero-order valence-electron chi connectivity index (χ0n) is 16.2. The Labute approximate surface area is 162 Å². The Hall–Kier alpha value is -2.33. The maximum atomic E-state index is 12.2. The summed E-state index contributed by atoms with van der Waals surface area (Å²) in [7, 11) is 0. The second-order valence-corrected chi connectivity index (χ2v) is 7.25. The van der Waals surface area contributed by atoms with Crippen LogP contribution in [-0.2, 0) is 11.3 Å². The molecular weight excluding hydrogens is 336 g/mol. The molecule has 0 unspecified atom stereocenters. The number of carbonyl (C=O) groups excluding carboxylic acids is 1. The molecule has 0 bridgehead atoms. The summed E-state index contributed by atoms with van der Waals surface area (Å²) >= 11 is 0. The first kappa shape index (κ1) is 19.4. The summed E-state index contributed by atoms with van der Waals surface area (Å²) in [5.41, 5.74) is 1.28. The number of para-hydroxylation sites is 1. The fourth-order valence-corrected chi connectivity index (χ4v) is 3.43. The zero-order chi connectivity index (χ0) is 18.9. The van der Waals surface area contributed by atoms with Gasteiger partial charge in [0.25, 0.3) is 0 Å². The lowest BCUT2D eigenvalue weighted by atomic mass is 9.95. The molecule has 2 aromatic rings. The molecule has 4 nitrogen and oxygen atoms in total. The van der Waals surface area contributed by atoms with Crippen molar-refractivity contribution in [1.29, 1.82) is 0 Å². The van der Waals surface area contributed by atoms with Gasteiger partial charge in [0.05, 0.1) is 0 Å². The highest BCUT2D eigenvalue weighted by Crippen LogP contribution is 2.23. The first-order valence-corrected chi connectivity index (χ1v) is 10.1. The van der Waals surface area contributed by atoms with Gasteiger partial charge in [-0.05, 0) is 62.2 Å². The normalized spacial score (nSPS) is 15.4. The zero-order valence-corrected chi connectivity index (χ0v) is 16.2. The van der Waals surface area contributed by atoms with Crippen LogP contribution in [0.3, 0.4) is 0 Å². The summed E-state index contributed by atoms with van der Waals surface area (Å²) in [6.07, 6.45) is 4.09. The van der Waals surface area contributed by atoms with Crippen LogP contribution in [0.2, 0.25) is 0 Å². The lowest BCUT2D eigenvalue weighted by Gasteiger charge is -2.31. The van der Waals surface area contributed by atoms with Crippen molar-refractivity contribution in [2.45, 2.75) is 39.2 Å². The van der Waals surface area contributed by atoms with Crippen LogP contribution in [0, 0.1) is 5.92 Å². The van der Waals surface area contributed by atoms with Crippen molar-refractivity contribution >= 4 is 5.91 Å². The van der Waals surface area contributed by atoms with Crippen LogP contribution in [-0.4, -0.2) is 30.4 Å². The fourth-order valence-electron chi connectivity index (χ4n) is 3.43. The molecule has 0 spiro atoms. The van der Waals surface area contributed by atoms with Crippen LogP contribution in [0.1, 0.15) is 38.2 Å². The number of nitrogens with zero attached hydrogens (tertiary/aromatic N) is 1. The van der Waals surface area contributed by atoms with Crippen molar-refractivity contribution in [3.05, 3.63) is 60.2 Å². The molecule has 1 fully saturated rings. The van der Waals surface area contributed by atoms with Gasteiger partial charge in [0.2, 0.25) is 5.91 Å². The van der Waals surface area contributed by atoms with Gasteiger partial charge in [0.15, 0.2) is 0 Å². The molecule has 4 heteroatoms. The van der Waals surface area contributed by atoms with E-state index in [2.05, 4.69) is 29.3 Å². The summed E-state index contributed by atoms with van der Waals surface area (Å²) in [5.74, 6) is 2.13. The predicted molar refractivity (Wildman–Crippen MR) is 109 cm³/mol. The summed E-state index contributed by atoms with van der Waals surface area (Å²) in [6.45, 7) is 5.84. The van der Waals surface area contributed by atoms with Gasteiger partial charge in [-0.25, -0.2) is 0 Å². The molecule has 0 radical (unpaired) electrons. The second-order valence-electron chi connectivity index (χ2n) is 7.25. The van der Waals surface area contributed by atoms with E-state index < -0.39 is 0 Å². The summed E-state index contributed by atoms with van der Waals surface area (Å²) < 4.78 is 5.85. The molecule has 1 saturated heterocycles. The Morgan fingerprint density at radius 2 is 1.70 bits per heavy atom. The highest BCUT2D eigenvalue weighted by Gasteiger charge is 2.24. The highest BCUT2D eigenvalue weighted by molar-refractivity contribution is 5.78. The Morgan fingerprint density at radius 3 is 2.37 bits per heavy atom. The van der Waals surface area contributed by atoms with Crippen molar-refractivity contribution in [2.24, 2.45) is 5.92 Å². The van der Waals surface area contributed by atoms with Gasteiger partial charge in [0.1, 0.15) is 11.5 Å². The number of benzene rings is 2. The molecule has 1 amide bonds. The van der Waals surface area contributed by atoms with Crippen molar-refractivity contribution in [3.8, 4) is 11.5 Å². The number of ether oxygens (including phenoxy) is 1. The van der Waals surface area contributed by atoms with E-state index in [0.717, 1.165) is 63.4 Å². The number of hydrogen-bond acceptors (Lipinski definition) is 3. The van der Waals surface area contributed by atoms with Gasteiger partial charge in [-0.15, -0.1) is 0 Å².